The lowest BCUT2D eigenvalue weighted by Gasteiger charge is -2.20. The van der Waals surface area contributed by atoms with Gasteiger partial charge in [-0.25, -0.2) is 4.98 Å². The fourth-order valence-corrected chi connectivity index (χ4v) is 5.25. The minimum absolute atomic E-state index is 0.123. The van der Waals surface area contributed by atoms with Crippen molar-refractivity contribution in [3.05, 3.63) is 76.6 Å². The molecule has 172 valence electrons. The Bertz CT molecular complexity index is 1220. The van der Waals surface area contributed by atoms with Crippen LogP contribution < -0.4 is 4.74 Å². The Morgan fingerprint density at radius 2 is 1.85 bits per heavy atom. The number of benzene rings is 2. The minimum atomic E-state index is -0.204. The molecule has 33 heavy (non-hydrogen) atoms. The number of hydrogen-bond acceptors (Lipinski definition) is 6. The van der Waals surface area contributed by atoms with Gasteiger partial charge in [0.2, 0.25) is 0 Å². The van der Waals surface area contributed by atoms with Crippen molar-refractivity contribution in [2.45, 2.75) is 57.0 Å². The number of rotatable bonds is 7. The molecule has 0 bridgehead atoms. The van der Waals surface area contributed by atoms with E-state index in [2.05, 4.69) is 79.7 Å². The maximum atomic E-state index is 6.14. The Hall–Kier alpha value is -2.64. The molecule has 4 rings (SSSR count). The molecule has 0 aliphatic heterocycles. The molecule has 0 fully saturated rings. The molecule has 2 aromatic heterocycles. The average Bonchev–Trinajstić information content (AvgIpc) is 3.39. The lowest BCUT2D eigenvalue weighted by Crippen LogP contribution is -2.12. The second-order valence-corrected chi connectivity index (χ2v) is 11.0. The molecule has 4 aromatic rings. The molecule has 0 aliphatic rings. The molecule has 5 nitrogen and oxygen atoms in total. The summed E-state index contributed by atoms with van der Waals surface area (Å²) in [5.41, 5.74) is 4.87. The maximum absolute atomic E-state index is 6.14. The predicted octanol–water partition coefficient (Wildman–Crippen LogP) is 6.98. The first-order chi connectivity index (χ1) is 15.7. The Balaban J connectivity index is 1.39. The number of nitrogens with zero attached hydrogens (tertiary/aromatic N) is 4. The molecular formula is C26H30N4OS2. The second kappa shape index (κ2) is 9.69. The fraction of sp³-hybridized carbons (Fsp3) is 0.346. The average molecular weight is 479 g/mol. The first-order valence-electron chi connectivity index (χ1n) is 11.0. The topological polar surface area (TPSA) is 52.8 Å². The summed E-state index contributed by atoms with van der Waals surface area (Å²) in [4.78, 5) is 4.80. The highest BCUT2D eigenvalue weighted by molar-refractivity contribution is 7.98. The van der Waals surface area contributed by atoms with Crippen molar-refractivity contribution in [2.24, 2.45) is 7.05 Å². The monoisotopic (exact) mass is 478 g/mol. The summed E-state index contributed by atoms with van der Waals surface area (Å²) < 4.78 is 8.15. The summed E-state index contributed by atoms with van der Waals surface area (Å²) in [5.74, 6) is 2.38. The van der Waals surface area contributed by atoms with E-state index in [9.17, 15) is 0 Å². The van der Waals surface area contributed by atoms with E-state index in [1.54, 1.807) is 23.1 Å². The van der Waals surface area contributed by atoms with E-state index in [4.69, 9.17) is 9.72 Å². The van der Waals surface area contributed by atoms with Crippen LogP contribution in [0.15, 0.2) is 59.1 Å². The van der Waals surface area contributed by atoms with Crippen LogP contribution in [0.3, 0.4) is 0 Å². The molecule has 0 aliphatic carbocycles. The quantitative estimate of drug-likeness (QED) is 0.268. The van der Waals surface area contributed by atoms with Gasteiger partial charge in [-0.05, 0) is 43.0 Å². The maximum Gasteiger partial charge on any atom is 0.191 e. The Labute approximate surface area is 204 Å². The highest BCUT2D eigenvalue weighted by Gasteiger charge is 2.19. The summed E-state index contributed by atoms with van der Waals surface area (Å²) in [6.45, 7) is 10.7. The molecule has 0 radical (unpaired) electrons. The Morgan fingerprint density at radius 3 is 2.55 bits per heavy atom. The van der Waals surface area contributed by atoms with Gasteiger partial charge in [-0.1, -0.05) is 68.4 Å². The fourth-order valence-electron chi connectivity index (χ4n) is 3.52. The van der Waals surface area contributed by atoms with Crippen molar-refractivity contribution >= 4 is 23.1 Å². The third-order valence-electron chi connectivity index (χ3n) is 5.43. The van der Waals surface area contributed by atoms with Crippen molar-refractivity contribution in [1.29, 1.82) is 0 Å². The molecule has 2 aromatic carbocycles. The first-order valence-corrected chi connectivity index (χ1v) is 12.9. The van der Waals surface area contributed by atoms with Gasteiger partial charge in [-0.2, -0.15) is 0 Å². The van der Waals surface area contributed by atoms with Gasteiger partial charge < -0.3 is 9.30 Å². The number of aromatic nitrogens is 4. The lowest BCUT2D eigenvalue weighted by atomic mass is 9.87. The van der Waals surface area contributed by atoms with E-state index in [0.717, 1.165) is 33.2 Å². The Kier molecular flexibility index (Phi) is 6.91. The molecule has 0 spiro atoms. The molecule has 0 saturated heterocycles. The first kappa shape index (κ1) is 23.5. The standard InChI is InChI=1S/C26H30N4OS2/c1-17-8-7-9-19(14-17)24-27-21(15-32-24)16-33-25-29-28-23(30(25)6)18(2)31-22-12-10-20(11-13-22)26(3,4)5/h7-15,18H,16H2,1-6H3. The van der Waals surface area contributed by atoms with Crippen LogP contribution >= 0.6 is 23.1 Å². The van der Waals surface area contributed by atoms with Crippen molar-refractivity contribution in [3.63, 3.8) is 0 Å². The molecular weight excluding hydrogens is 448 g/mol. The summed E-state index contributed by atoms with van der Waals surface area (Å²) in [5, 5.41) is 12.8. The highest BCUT2D eigenvalue weighted by atomic mass is 32.2. The summed E-state index contributed by atoms with van der Waals surface area (Å²) >= 11 is 3.32. The second-order valence-electron chi connectivity index (χ2n) is 9.24. The van der Waals surface area contributed by atoms with Gasteiger partial charge in [0.15, 0.2) is 17.1 Å². The van der Waals surface area contributed by atoms with Gasteiger partial charge in [-0.3, -0.25) is 0 Å². The van der Waals surface area contributed by atoms with Gasteiger partial charge in [0.1, 0.15) is 10.8 Å². The van der Waals surface area contributed by atoms with E-state index in [1.165, 1.54) is 16.7 Å². The molecule has 0 saturated carbocycles. The third kappa shape index (κ3) is 5.65. The van der Waals surface area contributed by atoms with Crippen LogP contribution in [0, 0.1) is 6.92 Å². The zero-order chi connectivity index (χ0) is 23.6. The van der Waals surface area contributed by atoms with E-state index < -0.39 is 0 Å². The van der Waals surface area contributed by atoms with Crippen LogP contribution in [0.2, 0.25) is 0 Å². The number of thioether (sulfide) groups is 1. The third-order valence-corrected chi connectivity index (χ3v) is 7.43. The van der Waals surface area contributed by atoms with Crippen LogP contribution in [0.5, 0.6) is 5.75 Å². The smallest absolute Gasteiger partial charge is 0.191 e. The summed E-state index contributed by atoms with van der Waals surface area (Å²) in [6, 6.07) is 16.7. The van der Waals surface area contributed by atoms with Crippen LogP contribution in [0.25, 0.3) is 10.6 Å². The normalized spacial score (nSPS) is 12.7. The highest BCUT2D eigenvalue weighted by Crippen LogP contribution is 2.30. The molecule has 1 atom stereocenters. The summed E-state index contributed by atoms with van der Waals surface area (Å²) in [7, 11) is 1.99. The SMILES string of the molecule is Cc1cccc(-c2nc(CSc3nnc(C(C)Oc4ccc(C(C)(C)C)cc4)n3C)cs2)c1. The Morgan fingerprint density at radius 1 is 1.09 bits per heavy atom. The van der Waals surface area contributed by atoms with Crippen molar-refractivity contribution in [1.82, 2.24) is 19.7 Å². The van der Waals surface area contributed by atoms with E-state index in [0.29, 0.717) is 0 Å². The van der Waals surface area contributed by atoms with E-state index >= 15 is 0 Å². The molecule has 1 unspecified atom stereocenters. The summed E-state index contributed by atoms with van der Waals surface area (Å²) in [6.07, 6.45) is -0.204. The van der Waals surface area contributed by atoms with Gasteiger partial charge in [0.25, 0.3) is 0 Å². The van der Waals surface area contributed by atoms with Gasteiger partial charge in [0, 0.05) is 23.7 Å². The van der Waals surface area contributed by atoms with Crippen molar-refractivity contribution < 1.29 is 4.74 Å². The number of thiazole rings is 1. The van der Waals surface area contributed by atoms with Crippen molar-refractivity contribution in [2.75, 3.05) is 0 Å². The van der Waals surface area contributed by atoms with Gasteiger partial charge in [-0.15, -0.1) is 21.5 Å². The lowest BCUT2D eigenvalue weighted by molar-refractivity contribution is 0.211. The van der Waals surface area contributed by atoms with Gasteiger partial charge in [0.05, 0.1) is 5.69 Å². The van der Waals surface area contributed by atoms with E-state index in [1.807, 2.05) is 30.7 Å². The largest absolute Gasteiger partial charge is 0.483 e. The number of hydrogen-bond donors (Lipinski definition) is 0. The van der Waals surface area contributed by atoms with Crippen LogP contribution in [0.1, 0.15) is 56.4 Å². The molecule has 7 heteroatoms. The number of ether oxygens (including phenoxy) is 1. The molecule has 0 amide bonds. The zero-order valence-electron chi connectivity index (χ0n) is 20.0. The van der Waals surface area contributed by atoms with Crippen LogP contribution in [0.4, 0.5) is 0 Å². The number of aryl methyl sites for hydroxylation is 1. The van der Waals surface area contributed by atoms with Crippen LogP contribution in [-0.4, -0.2) is 19.7 Å². The predicted molar refractivity (Wildman–Crippen MR) is 137 cm³/mol. The van der Waals surface area contributed by atoms with E-state index in [-0.39, 0.29) is 11.5 Å². The van der Waals surface area contributed by atoms with Crippen molar-refractivity contribution in [3.8, 4) is 16.3 Å². The molecule has 0 N–H and O–H groups in total. The van der Waals surface area contributed by atoms with Gasteiger partial charge >= 0.3 is 0 Å². The minimum Gasteiger partial charge on any atom is -0.483 e. The van der Waals surface area contributed by atoms with Crippen LogP contribution in [-0.2, 0) is 18.2 Å². The molecule has 2 heterocycles. The zero-order valence-corrected chi connectivity index (χ0v) is 21.6.